The molecule has 0 spiro atoms. The molecule has 0 saturated heterocycles. The zero-order valence-electron chi connectivity index (χ0n) is 14.2. The summed E-state index contributed by atoms with van der Waals surface area (Å²) in [6, 6.07) is 15.7. The maximum Gasteiger partial charge on any atom is 0.0526 e. The molecule has 0 unspecified atom stereocenters. The van der Waals surface area contributed by atoms with Crippen LogP contribution < -0.4 is 10.6 Å². The zero-order chi connectivity index (χ0) is 16.2. The predicted molar refractivity (Wildman–Crippen MR) is 106 cm³/mol. The number of thioether (sulfide) groups is 1. The summed E-state index contributed by atoms with van der Waals surface area (Å²) in [6.45, 7) is 0. The molecule has 0 radical (unpaired) electrons. The van der Waals surface area contributed by atoms with Crippen LogP contribution in [0.1, 0.15) is 44.1 Å². The third kappa shape index (κ3) is 3.56. The minimum Gasteiger partial charge on any atom is -0.382 e. The van der Waals surface area contributed by atoms with Gasteiger partial charge in [0.2, 0.25) is 0 Å². The Kier molecular flexibility index (Phi) is 4.98. The van der Waals surface area contributed by atoms with Gasteiger partial charge in [0.25, 0.3) is 0 Å². The number of hydrogen-bond acceptors (Lipinski definition) is 3. The fourth-order valence-corrected chi connectivity index (χ4v) is 5.00. The van der Waals surface area contributed by atoms with Crippen molar-refractivity contribution in [3.05, 3.63) is 48.0 Å². The van der Waals surface area contributed by atoms with E-state index in [1.165, 1.54) is 78.2 Å². The number of para-hydroxylation sites is 1. The Hall–Kier alpha value is -1.61. The van der Waals surface area contributed by atoms with Gasteiger partial charge in [-0.1, -0.05) is 37.5 Å². The monoisotopic (exact) mass is 338 g/mol. The molecule has 2 nitrogen and oxygen atoms in total. The maximum atomic E-state index is 3.86. The molecule has 2 aromatic carbocycles. The molecule has 4 rings (SSSR count). The average Bonchev–Trinajstić information content (AvgIpc) is 2.65. The molecular weight excluding hydrogens is 312 g/mol. The third-order valence-electron chi connectivity index (χ3n) is 5.10. The van der Waals surface area contributed by atoms with Gasteiger partial charge in [0.1, 0.15) is 0 Å². The fourth-order valence-electron chi connectivity index (χ4n) is 3.84. The predicted octanol–water partition coefficient (Wildman–Crippen LogP) is 6.21. The standard InChI is InChI=1S/C21H26N2S/c1-3-8-16(9-4-1)22-19-13-14-20(21-18(19)12-7-15-24-21)23-17-10-5-2-6-11-17/h2,5-6,10-11,13-14,16,22-23H,1,3-4,7-9,12,15H2. The Morgan fingerprint density at radius 1 is 0.833 bits per heavy atom. The number of rotatable bonds is 4. The summed E-state index contributed by atoms with van der Waals surface area (Å²) in [6.07, 6.45) is 9.29. The normalized spacial score (nSPS) is 18.0. The SMILES string of the molecule is c1ccc(Nc2ccc(NC3CCCCC3)c3c2SCCC3)cc1. The molecule has 2 N–H and O–H groups in total. The molecule has 0 aromatic heterocycles. The van der Waals surface area contributed by atoms with Gasteiger partial charge in [-0.2, -0.15) is 0 Å². The van der Waals surface area contributed by atoms with E-state index in [0.29, 0.717) is 6.04 Å². The van der Waals surface area contributed by atoms with Gasteiger partial charge < -0.3 is 10.6 Å². The van der Waals surface area contributed by atoms with Crippen molar-refractivity contribution in [3.8, 4) is 0 Å². The van der Waals surface area contributed by atoms with Gasteiger partial charge in [-0.3, -0.25) is 0 Å². The van der Waals surface area contributed by atoms with Crippen LogP contribution in [0.15, 0.2) is 47.4 Å². The lowest BCUT2D eigenvalue weighted by Gasteiger charge is -2.28. The molecule has 1 saturated carbocycles. The minimum atomic E-state index is 0.669. The van der Waals surface area contributed by atoms with E-state index in [1.807, 2.05) is 11.8 Å². The van der Waals surface area contributed by atoms with Gasteiger partial charge in [0.15, 0.2) is 0 Å². The Morgan fingerprint density at radius 3 is 2.46 bits per heavy atom. The highest BCUT2D eigenvalue weighted by atomic mass is 32.2. The van der Waals surface area contributed by atoms with E-state index in [-0.39, 0.29) is 0 Å². The van der Waals surface area contributed by atoms with Crippen LogP contribution >= 0.6 is 11.8 Å². The Balaban J connectivity index is 1.60. The van der Waals surface area contributed by atoms with Crippen LogP contribution in [0.2, 0.25) is 0 Å². The van der Waals surface area contributed by atoms with E-state index in [2.05, 4.69) is 53.1 Å². The first-order valence-corrected chi connectivity index (χ1v) is 10.3. The smallest absolute Gasteiger partial charge is 0.0526 e. The molecule has 24 heavy (non-hydrogen) atoms. The summed E-state index contributed by atoms with van der Waals surface area (Å²) in [5, 5.41) is 7.47. The maximum absolute atomic E-state index is 3.86. The molecule has 126 valence electrons. The molecule has 2 aromatic rings. The summed E-state index contributed by atoms with van der Waals surface area (Å²) >= 11 is 2.01. The van der Waals surface area contributed by atoms with Crippen molar-refractivity contribution in [1.29, 1.82) is 0 Å². The molecule has 1 fully saturated rings. The highest BCUT2D eigenvalue weighted by Crippen LogP contribution is 2.41. The lowest BCUT2D eigenvalue weighted by molar-refractivity contribution is 0.462. The molecule has 0 amide bonds. The molecule has 1 aliphatic carbocycles. The summed E-state index contributed by atoms with van der Waals surface area (Å²) < 4.78 is 0. The molecule has 0 atom stereocenters. The zero-order valence-corrected chi connectivity index (χ0v) is 15.0. The largest absolute Gasteiger partial charge is 0.382 e. The van der Waals surface area contributed by atoms with Gasteiger partial charge in [0, 0.05) is 22.3 Å². The summed E-state index contributed by atoms with van der Waals surface area (Å²) in [4.78, 5) is 1.45. The lowest BCUT2D eigenvalue weighted by Crippen LogP contribution is -2.23. The summed E-state index contributed by atoms with van der Waals surface area (Å²) in [7, 11) is 0. The second-order valence-corrected chi connectivity index (χ2v) is 8.00. The number of hydrogen-bond donors (Lipinski definition) is 2. The third-order valence-corrected chi connectivity index (χ3v) is 6.34. The lowest BCUT2D eigenvalue weighted by atomic mass is 9.94. The summed E-state index contributed by atoms with van der Waals surface area (Å²) in [5.41, 5.74) is 5.33. The quantitative estimate of drug-likeness (QED) is 0.692. The van der Waals surface area contributed by atoms with Crippen molar-refractivity contribution in [2.75, 3.05) is 16.4 Å². The van der Waals surface area contributed by atoms with E-state index >= 15 is 0 Å². The van der Waals surface area contributed by atoms with Crippen LogP contribution in [-0.4, -0.2) is 11.8 Å². The first kappa shape index (κ1) is 15.9. The van der Waals surface area contributed by atoms with Crippen LogP contribution in [0.25, 0.3) is 0 Å². The van der Waals surface area contributed by atoms with Gasteiger partial charge in [0.05, 0.1) is 5.69 Å². The Morgan fingerprint density at radius 2 is 1.62 bits per heavy atom. The van der Waals surface area contributed by atoms with Crippen LogP contribution in [0.4, 0.5) is 17.1 Å². The minimum absolute atomic E-state index is 0.669. The van der Waals surface area contributed by atoms with Crippen molar-refractivity contribution in [2.24, 2.45) is 0 Å². The topological polar surface area (TPSA) is 24.1 Å². The number of fused-ring (bicyclic) bond motifs is 1. The Labute approximate surface area is 149 Å². The molecule has 1 heterocycles. The highest BCUT2D eigenvalue weighted by molar-refractivity contribution is 7.99. The fraction of sp³-hybridized carbons (Fsp3) is 0.429. The van der Waals surface area contributed by atoms with Crippen molar-refractivity contribution in [3.63, 3.8) is 0 Å². The second-order valence-electron chi connectivity index (χ2n) is 6.89. The molecule has 2 aliphatic rings. The van der Waals surface area contributed by atoms with Crippen molar-refractivity contribution in [1.82, 2.24) is 0 Å². The van der Waals surface area contributed by atoms with Crippen LogP contribution in [0.5, 0.6) is 0 Å². The van der Waals surface area contributed by atoms with Gasteiger partial charge in [-0.05, 0) is 61.3 Å². The second kappa shape index (κ2) is 7.52. The number of benzene rings is 2. The van der Waals surface area contributed by atoms with Crippen LogP contribution in [0, 0.1) is 0 Å². The molecular formula is C21H26N2S. The highest BCUT2D eigenvalue weighted by Gasteiger charge is 2.20. The van der Waals surface area contributed by atoms with Crippen LogP contribution in [0.3, 0.4) is 0 Å². The summed E-state index contributed by atoms with van der Waals surface area (Å²) in [5.74, 6) is 1.23. The van der Waals surface area contributed by atoms with Gasteiger partial charge >= 0.3 is 0 Å². The van der Waals surface area contributed by atoms with Crippen LogP contribution in [-0.2, 0) is 6.42 Å². The van der Waals surface area contributed by atoms with E-state index in [4.69, 9.17) is 0 Å². The van der Waals surface area contributed by atoms with Crippen molar-refractivity contribution < 1.29 is 0 Å². The van der Waals surface area contributed by atoms with E-state index < -0.39 is 0 Å². The van der Waals surface area contributed by atoms with Crippen molar-refractivity contribution in [2.45, 2.75) is 55.9 Å². The molecule has 1 aliphatic heterocycles. The number of anilines is 3. The average molecular weight is 339 g/mol. The Bertz CT molecular complexity index is 678. The van der Waals surface area contributed by atoms with E-state index in [9.17, 15) is 0 Å². The van der Waals surface area contributed by atoms with E-state index in [1.54, 1.807) is 0 Å². The van der Waals surface area contributed by atoms with Gasteiger partial charge in [-0.25, -0.2) is 0 Å². The molecule has 0 bridgehead atoms. The van der Waals surface area contributed by atoms with Gasteiger partial charge in [-0.15, -0.1) is 11.8 Å². The van der Waals surface area contributed by atoms with Crippen molar-refractivity contribution >= 4 is 28.8 Å². The first-order chi connectivity index (χ1) is 11.9. The first-order valence-electron chi connectivity index (χ1n) is 9.27. The number of nitrogens with one attached hydrogen (secondary N) is 2. The van der Waals surface area contributed by atoms with E-state index in [0.717, 1.165) is 0 Å². The molecule has 3 heteroatoms.